The van der Waals surface area contributed by atoms with Crippen molar-refractivity contribution < 1.29 is 0 Å². The van der Waals surface area contributed by atoms with Crippen molar-refractivity contribution in [3.63, 3.8) is 0 Å². The molecule has 0 bridgehead atoms. The molecule has 3 heteroatoms. The first-order valence-electron chi connectivity index (χ1n) is 4.10. The van der Waals surface area contributed by atoms with Gasteiger partial charge in [0.2, 0.25) is 0 Å². The van der Waals surface area contributed by atoms with Crippen LogP contribution >= 0.6 is 15.9 Å². The second kappa shape index (κ2) is 4.42. The van der Waals surface area contributed by atoms with Crippen molar-refractivity contribution >= 4 is 21.7 Å². The van der Waals surface area contributed by atoms with E-state index in [9.17, 15) is 0 Å². The Hall–Kier alpha value is -0.830. The lowest BCUT2D eigenvalue weighted by molar-refractivity contribution is 0.976. The maximum atomic E-state index is 4.42. The van der Waals surface area contributed by atoms with Crippen LogP contribution in [0.2, 0.25) is 0 Å². The fraction of sp³-hybridized carbons (Fsp3) is 0.300. The first-order chi connectivity index (χ1) is 6.15. The van der Waals surface area contributed by atoms with Gasteiger partial charge in [0.25, 0.3) is 0 Å². The molecule has 13 heavy (non-hydrogen) atoms. The molecule has 0 fully saturated rings. The third-order valence-corrected chi connectivity index (χ3v) is 2.64. The average Bonchev–Trinajstić information content (AvgIpc) is 2.10. The van der Waals surface area contributed by atoms with Gasteiger partial charge < -0.3 is 4.90 Å². The number of halogens is 1. The fourth-order valence-corrected chi connectivity index (χ4v) is 1.25. The van der Waals surface area contributed by atoms with Crippen LogP contribution in [0.1, 0.15) is 5.69 Å². The maximum absolute atomic E-state index is 4.42. The highest BCUT2D eigenvalue weighted by molar-refractivity contribution is 9.10. The van der Waals surface area contributed by atoms with Crippen molar-refractivity contribution in [3.05, 3.63) is 35.0 Å². The number of anilines is 1. The first kappa shape index (κ1) is 10.3. The third-order valence-electron chi connectivity index (χ3n) is 1.80. The highest BCUT2D eigenvalue weighted by Gasteiger charge is 2.02. The molecule has 70 valence electrons. The molecule has 0 spiro atoms. The van der Waals surface area contributed by atoms with E-state index in [0.717, 1.165) is 22.5 Å². The molecule has 0 aliphatic rings. The van der Waals surface area contributed by atoms with Gasteiger partial charge in [0, 0.05) is 18.1 Å². The van der Waals surface area contributed by atoms with E-state index in [4.69, 9.17) is 0 Å². The largest absolute Gasteiger partial charge is 0.356 e. The number of rotatable bonds is 3. The minimum absolute atomic E-state index is 0.814. The molecule has 0 saturated heterocycles. The van der Waals surface area contributed by atoms with Crippen molar-refractivity contribution in [2.24, 2.45) is 0 Å². The molecule has 0 aliphatic heterocycles. The minimum Gasteiger partial charge on any atom is -0.356 e. The van der Waals surface area contributed by atoms with Crippen LogP contribution in [0.4, 0.5) is 5.82 Å². The summed E-state index contributed by atoms with van der Waals surface area (Å²) >= 11 is 3.42. The van der Waals surface area contributed by atoms with E-state index < -0.39 is 0 Å². The Morgan fingerprint density at radius 1 is 1.62 bits per heavy atom. The second-order valence-corrected chi connectivity index (χ2v) is 3.76. The summed E-state index contributed by atoms with van der Waals surface area (Å²) in [5, 5.41) is 0. The van der Waals surface area contributed by atoms with E-state index in [1.807, 2.05) is 37.1 Å². The maximum Gasteiger partial charge on any atom is 0.128 e. The first-order valence-corrected chi connectivity index (χ1v) is 4.89. The lowest BCUT2D eigenvalue weighted by Gasteiger charge is -2.16. The number of hydrogen-bond donors (Lipinski definition) is 0. The fourth-order valence-electron chi connectivity index (χ4n) is 1.03. The molecular formula is C10H13BrN2. The zero-order valence-electron chi connectivity index (χ0n) is 7.92. The Labute approximate surface area is 87.4 Å². The molecule has 1 aromatic heterocycles. The number of aromatic nitrogens is 1. The van der Waals surface area contributed by atoms with Gasteiger partial charge in [-0.1, -0.05) is 6.08 Å². The Kier molecular flexibility index (Phi) is 3.48. The van der Waals surface area contributed by atoms with Crippen molar-refractivity contribution in [3.8, 4) is 0 Å². The zero-order valence-corrected chi connectivity index (χ0v) is 9.50. The quantitative estimate of drug-likeness (QED) is 0.756. The smallest absolute Gasteiger partial charge is 0.128 e. The van der Waals surface area contributed by atoms with Crippen LogP contribution in [-0.2, 0) is 0 Å². The van der Waals surface area contributed by atoms with E-state index in [1.165, 1.54) is 0 Å². The molecule has 0 aromatic carbocycles. The summed E-state index contributed by atoms with van der Waals surface area (Å²) in [6.45, 7) is 6.48. The lowest BCUT2D eigenvalue weighted by atomic mass is 10.3. The molecule has 1 heterocycles. The van der Waals surface area contributed by atoms with Crippen LogP contribution in [0, 0.1) is 6.92 Å². The molecular weight excluding hydrogens is 228 g/mol. The van der Waals surface area contributed by atoms with Gasteiger partial charge in [0.15, 0.2) is 0 Å². The summed E-state index contributed by atoms with van der Waals surface area (Å²) in [6.07, 6.45) is 1.86. The predicted octanol–water partition coefficient (Wildman–Crippen LogP) is 2.77. The van der Waals surface area contributed by atoms with Crippen LogP contribution in [0.25, 0.3) is 0 Å². The molecule has 2 nitrogen and oxygen atoms in total. The SMILES string of the molecule is C=CCN(C)c1ccc(Br)c(C)n1. The molecule has 0 saturated carbocycles. The van der Waals surface area contributed by atoms with Gasteiger partial charge in [-0.05, 0) is 35.0 Å². The van der Waals surface area contributed by atoms with Gasteiger partial charge in [-0.2, -0.15) is 0 Å². The van der Waals surface area contributed by atoms with Crippen LogP contribution < -0.4 is 4.90 Å². The third kappa shape index (κ3) is 2.56. The van der Waals surface area contributed by atoms with Crippen LogP contribution in [-0.4, -0.2) is 18.6 Å². The minimum atomic E-state index is 0.814. The Morgan fingerprint density at radius 3 is 2.85 bits per heavy atom. The highest BCUT2D eigenvalue weighted by Crippen LogP contribution is 2.17. The standard InChI is InChI=1S/C10H13BrN2/c1-4-7-13(3)10-6-5-9(11)8(2)12-10/h4-6H,1,7H2,2-3H3. The van der Waals surface area contributed by atoms with Gasteiger partial charge in [-0.15, -0.1) is 6.58 Å². The van der Waals surface area contributed by atoms with Crippen LogP contribution in [0.3, 0.4) is 0 Å². The molecule has 0 radical (unpaired) electrons. The van der Waals surface area contributed by atoms with E-state index in [-0.39, 0.29) is 0 Å². The topological polar surface area (TPSA) is 16.1 Å². The molecule has 1 rings (SSSR count). The highest BCUT2D eigenvalue weighted by atomic mass is 79.9. The molecule has 0 unspecified atom stereocenters. The number of hydrogen-bond acceptors (Lipinski definition) is 2. The Balaban J connectivity index is 2.89. The summed E-state index contributed by atoms with van der Waals surface area (Å²) in [4.78, 5) is 6.47. The number of nitrogens with zero attached hydrogens (tertiary/aromatic N) is 2. The number of pyridine rings is 1. The molecule has 0 aliphatic carbocycles. The van der Waals surface area contributed by atoms with Gasteiger partial charge in [-0.3, -0.25) is 0 Å². The van der Waals surface area contributed by atoms with Crippen molar-refractivity contribution in [1.29, 1.82) is 0 Å². The number of aryl methyl sites for hydroxylation is 1. The molecule has 1 aromatic rings. The molecule has 0 atom stereocenters. The van der Waals surface area contributed by atoms with E-state index >= 15 is 0 Å². The summed E-state index contributed by atoms with van der Waals surface area (Å²) < 4.78 is 1.04. The lowest BCUT2D eigenvalue weighted by Crippen LogP contribution is -2.18. The monoisotopic (exact) mass is 240 g/mol. The van der Waals surface area contributed by atoms with Crippen molar-refractivity contribution in [2.45, 2.75) is 6.92 Å². The van der Waals surface area contributed by atoms with Gasteiger partial charge in [0.05, 0.1) is 5.69 Å². The molecule has 0 N–H and O–H groups in total. The number of likely N-dealkylation sites (N-methyl/N-ethyl adjacent to an activating group) is 1. The van der Waals surface area contributed by atoms with Gasteiger partial charge in [0.1, 0.15) is 5.82 Å². The Morgan fingerprint density at radius 2 is 2.31 bits per heavy atom. The Bertz CT molecular complexity index is 310. The summed E-state index contributed by atoms with van der Waals surface area (Å²) in [6, 6.07) is 4.00. The molecule has 0 amide bonds. The van der Waals surface area contributed by atoms with Crippen molar-refractivity contribution in [1.82, 2.24) is 4.98 Å². The van der Waals surface area contributed by atoms with Crippen LogP contribution in [0.5, 0.6) is 0 Å². The van der Waals surface area contributed by atoms with E-state index in [2.05, 4.69) is 27.5 Å². The van der Waals surface area contributed by atoms with Gasteiger partial charge >= 0.3 is 0 Å². The van der Waals surface area contributed by atoms with E-state index in [0.29, 0.717) is 0 Å². The zero-order chi connectivity index (χ0) is 9.84. The van der Waals surface area contributed by atoms with Crippen LogP contribution in [0.15, 0.2) is 29.3 Å². The van der Waals surface area contributed by atoms with E-state index in [1.54, 1.807) is 0 Å². The van der Waals surface area contributed by atoms with Crippen molar-refractivity contribution in [2.75, 3.05) is 18.5 Å². The predicted molar refractivity (Wildman–Crippen MR) is 60.1 cm³/mol. The normalized spacial score (nSPS) is 9.77. The average molecular weight is 241 g/mol. The summed E-state index contributed by atoms with van der Waals surface area (Å²) in [5.74, 6) is 0.973. The second-order valence-electron chi connectivity index (χ2n) is 2.91. The summed E-state index contributed by atoms with van der Waals surface area (Å²) in [5.41, 5.74) is 1.01. The summed E-state index contributed by atoms with van der Waals surface area (Å²) in [7, 11) is 2.00. The van der Waals surface area contributed by atoms with Gasteiger partial charge in [-0.25, -0.2) is 4.98 Å².